The van der Waals surface area contributed by atoms with E-state index in [1.807, 2.05) is 29.2 Å². The molecule has 0 radical (unpaired) electrons. The summed E-state index contributed by atoms with van der Waals surface area (Å²) in [6, 6.07) is 9.17. The summed E-state index contributed by atoms with van der Waals surface area (Å²) in [5, 5.41) is 15.6. The number of piperidine rings is 1. The predicted molar refractivity (Wildman–Crippen MR) is 106 cm³/mol. The Morgan fingerprint density at radius 2 is 1.97 bits per heavy atom. The maximum atomic E-state index is 12.9. The zero-order chi connectivity index (χ0) is 20.2. The average Bonchev–Trinajstić information content (AvgIpc) is 3.22. The van der Waals surface area contributed by atoms with Gasteiger partial charge >= 0.3 is 0 Å². The number of rotatable bonds is 4. The van der Waals surface area contributed by atoms with Gasteiger partial charge in [-0.05, 0) is 37.5 Å². The summed E-state index contributed by atoms with van der Waals surface area (Å²) in [6.07, 6.45) is 7.92. The highest BCUT2D eigenvalue weighted by Crippen LogP contribution is 2.24. The van der Waals surface area contributed by atoms with Crippen LogP contribution in [0.25, 0.3) is 16.8 Å². The van der Waals surface area contributed by atoms with E-state index in [1.54, 1.807) is 23.0 Å². The molecule has 0 spiro atoms. The molecule has 1 fully saturated rings. The molecular formula is C21H20N6O2. The van der Waals surface area contributed by atoms with Crippen LogP contribution in [-0.2, 0) is 0 Å². The van der Waals surface area contributed by atoms with Crippen LogP contribution >= 0.6 is 0 Å². The molecule has 0 saturated carbocycles. The van der Waals surface area contributed by atoms with Crippen LogP contribution in [0.2, 0.25) is 0 Å². The van der Waals surface area contributed by atoms with Gasteiger partial charge in [-0.25, -0.2) is 4.52 Å². The van der Waals surface area contributed by atoms with E-state index >= 15 is 0 Å². The van der Waals surface area contributed by atoms with Gasteiger partial charge in [-0.2, -0.15) is 10.4 Å². The molecule has 3 aromatic rings. The van der Waals surface area contributed by atoms with Gasteiger partial charge < -0.3 is 10.2 Å². The molecule has 1 N–H and O–H groups in total. The second kappa shape index (κ2) is 8.10. The lowest BCUT2D eigenvalue weighted by Gasteiger charge is -2.26. The van der Waals surface area contributed by atoms with Gasteiger partial charge in [0.2, 0.25) is 0 Å². The maximum absolute atomic E-state index is 12.9. The molecule has 0 aromatic carbocycles. The molecule has 1 aliphatic heterocycles. The Kier molecular flexibility index (Phi) is 5.20. The fourth-order valence-electron chi connectivity index (χ4n) is 3.59. The molecule has 0 atom stereocenters. The Bertz CT molecular complexity index is 1110. The molecule has 29 heavy (non-hydrogen) atoms. The fraction of sp³-hybridized carbons (Fsp3) is 0.286. The van der Waals surface area contributed by atoms with Crippen molar-refractivity contribution in [2.45, 2.75) is 19.3 Å². The van der Waals surface area contributed by atoms with Crippen molar-refractivity contribution < 1.29 is 9.59 Å². The van der Waals surface area contributed by atoms with E-state index in [2.05, 4.69) is 15.4 Å². The van der Waals surface area contributed by atoms with E-state index < -0.39 is 0 Å². The number of hydrogen-bond acceptors (Lipinski definition) is 5. The molecule has 1 saturated heterocycles. The highest BCUT2D eigenvalue weighted by molar-refractivity contribution is 6.01. The molecule has 0 unspecified atom stereocenters. The number of nitrogens with one attached hydrogen (secondary N) is 1. The van der Waals surface area contributed by atoms with Crippen molar-refractivity contribution in [3.05, 3.63) is 54.0 Å². The number of nitriles is 1. The largest absolute Gasteiger partial charge is 0.339 e. The first-order valence-corrected chi connectivity index (χ1v) is 9.55. The van der Waals surface area contributed by atoms with Gasteiger partial charge in [-0.1, -0.05) is 6.07 Å². The monoisotopic (exact) mass is 388 g/mol. The van der Waals surface area contributed by atoms with Crippen molar-refractivity contribution in [1.29, 1.82) is 5.26 Å². The third-order valence-corrected chi connectivity index (χ3v) is 5.04. The Balaban J connectivity index is 1.69. The Morgan fingerprint density at radius 3 is 2.76 bits per heavy atom. The van der Waals surface area contributed by atoms with Crippen LogP contribution in [0.1, 0.15) is 40.0 Å². The smallest absolute Gasteiger partial charge is 0.257 e. The zero-order valence-corrected chi connectivity index (χ0v) is 15.8. The Labute approximate surface area is 167 Å². The fourth-order valence-corrected chi connectivity index (χ4v) is 3.59. The van der Waals surface area contributed by atoms with Crippen LogP contribution < -0.4 is 5.32 Å². The first-order valence-electron chi connectivity index (χ1n) is 9.55. The maximum Gasteiger partial charge on any atom is 0.257 e. The van der Waals surface area contributed by atoms with Gasteiger partial charge in [0.25, 0.3) is 11.8 Å². The highest BCUT2D eigenvalue weighted by Gasteiger charge is 2.22. The molecule has 8 heteroatoms. The molecule has 3 aromatic heterocycles. The van der Waals surface area contributed by atoms with Gasteiger partial charge in [0.15, 0.2) is 0 Å². The van der Waals surface area contributed by atoms with Gasteiger partial charge in [0.1, 0.15) is 6.54 Å². The van der Waals surface area contributed by atoms with Crippen molar-refractivity contribution in [3.63, 3.8) is 0 Å². The number of amides is 2. The topological polar surface area (TPSA) is 103 Å². The number of pyridine rings is 2. The van der Waals surface area contributed by atoms with Gasteiger partial charge in [-0.3, -0.25) is 14.6 Å². The molecule has 0 aliphatic carbocycles. The zero-order valence-electron chi connectivity index (χ0n) is 15.8. The number of likely N-dealkylation sites (tertiary alicyclic amines) is 1. The van der Waals surface area contributed by atoms with Gasteiger partial charge in [0, 0.05) is 31.0 Å². The second-order valence-electron chi connectivity index (χ2n) is 6.92. The lowest BCUT2D eigenvalue weighted by molar-refractivity contribution is 0.0726. The lowest BCUT2D eigenvalue weighted by Crippen LogP contribution is -2.35. The quantitative estimate of drug-likeness (QED) is 0.691. The molecule has 4 rings (SSSR count). The third kappa shape index (κ3) is 3.67. The summed E-state index contributed by atoms with van der Waals surface area (Å²) in [5.41, 5.74) is 3.07. The Hall–Kier alpha value is -3.73. The first-order chi connectivity index (χ1) is 14.2. The number of aromatic nitrogens is 3. The van der Waals surface area contributed by atoms with Crippen molar-refractivity contribution in [2.24, 2.45) is 0 Å². The molecular weight excluding hydrogens is 368 g/mol. The lowest BCUT2D eigenvalue weighted by atomic mass is 10.1. The van der Waals surface area contributed by atoms with Crippen molar-refractivity contribution in [3.8, 4) is 17.3 Å². The van der Waals surface area contributed by atoms with E-state index in [4.69, 9.17) is 5.26 Å². The number of carbonyl (C=O) groups is 2. The minimum absolute atomic E-state index is 0.000364. The number of carbonyl (C=O) groups excluding carboxylic acids is 2. The van der Waals surface area contributed by atoms with E-state index in [-0.39, 0.29) is 18.4 Å². The van der Waals surface area contributed by atoms with Gasteiger partial charge in [0.05, 0.1) is 34.6 Å². The molecule has 8 nitrogen and oxygen atoms in total. The molecule has 146 valence electrons. The SMILES string of the molecule is N#CCNC(=O)c1cncc(-c2cccc3c(C(=O)N4CCCCC4)cnn23)c1. The molecule has 4 heterocycles. The number of fused-ring (bicyclic) bond motifs is 1. The minimum atomic E-state index is -0.366. The summed E-state index contributed by atoms with van der Waals surface area (Å²) in [6.45, 7) is 1.49. The normalized spacial score (nSPS) is 13.8. The van der Waals surface area contributed by atoms with Crippen LogP contribution in [0, 0.1) is 11.3 Å². The van der Waals surface area contributed by atoms with Crippen LogP contribution in [0.5, 0.6) is 0 Å². The number of hydrogen-bond donors (Lipinski definition) is 1. The Morgan fingerprint density at radius 1 is 1.14 bits per heavy atom. The predicted octanol–water partition coefficient (Wildman–Crippen LogP) is 2.28. The summed E-state index contributed by atoms with van der Waals surface area (Å²) >= 11 is 0. The third-order valence-electron chi connectivity index (χ3n) is 5.04. The standard InChI is InChI=1S/C21H20N6O2/c22-7-8-24-20(28)16-11-15(12-23-13-16)18-5-4-6-19-17(14-25-27(18)19)21(29)26-9-2-1-3-10-26/h4-6,11-14H,1-3,8-10H2,(H,24,28). The van der Waals surface area contributed by atoms with E-state index in [1.165, 1.54) is 6.20 Å². The summed E-state index contributed by atoms with van der Waals surface area (Å²) in [5.74, 6) is -0.367. The summed E-state index contributed by atoms with van der Waals surface area (Å²) in [4.78, 5) is 31.1. The van der Waals surface area contributed by atoms with Crippen LogP contribution in [-0.4, -0.2) is 50.9 Å². The molecule has 1 aliphatic rings. The van der Waals surface area contributed by atoms with Crippen molar-refractivity contribution >= 4 is 17.3 Å². The van der Waals surface area contributed by atoms with E-state index in [9.17, 15) is 9.59 Å². The van der Waals surface area contributed by atoms with Crippen LogP contribution in [0.3, 0.4) is 0 Å². The highest BCUT2D eigenvalue weighted by atomic mass is 16.2. The van der Waals surface area contributed by atoms with E-state index in [0.29, 0.717) is 16.7 Å². The second-order valence-corrected chi connectivity index (χ2v) is 6.92. The van der Waals surface area contributed by atoms with E-state index in [0.717, 1.165) is 43.6 Å². The van der Waals surface area contributed by atoms with Gasteiger partial charge in [-0.15, -0.1) is 0 Å². The molecule has 2 amide bonds. The molecule has 0 bridgehead atoms. The summed E-state index contributed by atoms with van der Waals surface area (Å²) < 4.78 is 1.70. The number of nitrogens with zero attached hydrogens (tertiary/aromatic N) is 5. The van der Waals surface area contributed by atoms with Crippen molar-refractivity contribution in [2.75, 3.05) is 19.6 Å². The van der Waals surface area contributed by atoms with Crippen molar-refractivity contribution in [1.82, 2.24) is 24.8 Å². The first kappa shape index (κ1) is 18.6. The average molecular weight is 388 g/mol. The van der Waals surface area contributed by atoms with Crippen LogP contribution in [0.15, 0.2) is 42.9 Å². The minimum Gasteiger partial charge on any atom is -0.339 e. The summed E-state index contributed by atoms with van der Waals surface area (Å²) in [7, 11) is 0. The van der Waals surface area contributed by atoms with Crippen LogP contribution in [0.4, 0.5) is 0 Å².